The van der Waals surface area contributed by atoms with Crippen molar-refractivity contribution >= 4 is 6.09 Å². The average Bonchev–Trinajstić information content (AvgIpc) is 2.10. The van der Waals surface area contributed by atoms with E-state index in [2.05, 4.69) is 11.5 Å². The standard InChI is InChI=1S/C10H18N2O2/c1-4-5-11-6-9(3)12(10(13)14)7-8(11)2/h4,8-9H,1,5-7H2,2-3H3,(H,13,14)/t8?,9-/m0/s1. The van der Waals surface area contributed by atoms with Crippen LogP contribution in [0, 0.1) is 0 Å². The topological polar surface area (TPSA) is 43.8 Å². The largest absolute Gasteiger partial charge is 0.465 e. The number of hydrogen-bond acceptors (Lipinski definition) is 2. The smallest absolute Gasteiger partial charge is 0.407 e. The van der Waals surface area contributed by atoms with Gasteiger partial charge in [-0.25, -0.2) is 4.79 Å². The molecular weight excluding hydrogens is 180 g/mol. The predicted octanol–water partition coefficient (Wildman–Crippen LogP) is 1.24. The van der Waals surface area contributed by atoms with Gasteiger partial charge in [0.15, 0.2) is 0 Å². The molecular formula is C10H18N2O2. The van der Waals surface area contributed by atoms with Crippen LogP contribution < -0.4 is 0 Å². The third-order valence-electron chi connectivity index (χ3n) is 2.72. The SMILES string of the molecule is C=CCN1C[C@H](C)N(C(=O)O)CC1C. The maximum Gasteiger partial charge on any atom is 0.407 e. The summed E-state index contributed by atoms with van der Waals surface area (Å²) in [6.45, 7) is 9.90. The Morgan fingerprint density at radius 3 is 2.64 bits per heavy atom. The summed E-state index contributed by atoms with van der Waals surface area (Å²) in [5.74, 6) is 0. The summed E-state index contributed by atoms with van der Waals surface area (Å²) in [5, 5.41) is 8.93. The molecule has 0 aromatic heterocycles. The van der Waals surface area contributed by atoms with E-state index < -0.39 is 6.09 Å². The second-order valence-corrected chi connectivity index (χ2v) is 3.88. The Balaban J connectivity index is 2.61. The lowest BCUT2D eigenvalue weighted by Gasteiger charge is -2.42. The van der Waals surface area contributed by atoms with Crippen molar-refractivity contribution in [1.29, 1.82) is 0 Å². The fourth-order valence-electron chi connectivity index (χ4n) is 1.88. The number of carbonyl (C=O) groups is 1. The zero-order valence-corrected chi connectivity index (χ0v) is 8.81. The van der Waals surface area contributed by atoms with Crippen molar-refractivity contribution in [2.24, 2.45) is 0 Å². The molecule has 1 aliphatic heterocycles. The number of hydrogen-bond donors (Lipinski definition) is 1. The molecule has 80 valence electrons. The van der Waals surface area contributed by atoms with Crippen molar-refractivity contribution in [3.8, 4) is 0 Å². The van der Waals surface area contributed by atoms with Gasteiger partial charge in [-0.2, -0.15) is 0 Å². The van der Waals surface area contributed by atoms with Crippen LogP contribution >= 0.6 is 0 Å². The van der Waals surface area contributed by atoms with Crippen LogP contribution in [-0.4, -0.2) is 52.7 Å². The number of carboxylic acid groups (broad SMARTS) is 1. The second-order valence-electron chi connectivity index (χ2n) is 3.88. The molecule has 1 saturated heterocycles. The Kier molecular flexibility index (Phi) is 3.52. The third-order valence-corrected chi connectivity index (χ3v) is 2.72. The van der Waals surface area contributed by atoms with Crippen LogP contribution in [0.15, 0.2) is 12.7 Å². The molecule has 1 rings (SSSR count). The molecule has 1 heterocycles. The van der Waals surface area contributed by atoms with E-state index in [0.717, 1.165) is 13.1 Å². The molecule has 0 aromatic carbocycles. The van der Waals surface area contributed by atoms with Gasteiger partial charge in [-0.3, -0.25) is 4.90 Å². The molecule has 0 spiro atoms. The molecule has 1 N–H and O–H groups in total. The quantitative estimate of drug-likeness (QED) is 0.679. The lowest BCUT2D eigenvalue weighted by Crippen LogP contribution is -2.57. The Morgan fingerprint density at radius 1 is 1.50 bits per heavy atom. The normalized spacial score (nSPS) is 28.9. The highest BCUT2D eigenvalue weighted by molar-refractivity contribution is 5.65. The molecule has 1 fully saturated rings. The highest BCUT2D eigenvalue weighted by Crippen LogP contribution is 2.14. The van der Waals surface area contributed by atoms with Gasteiger partial charge < -0.3 is 10.0 Å². The van der Waals surface area contributed by atoms with Crippen molar-refractivity contribution in [1.82, 2.24) is 9.80 Å². The minimum atomic E-state index is -0.817. The summed E-state index contributed by atoms with van der Waals surface area (Å²) >= 11 is 0. The first kappa shape index (κ1) is 11.0. The maximum atomic E-state index is 10.9. The molecule has 2 atom stereocenters. The zero-order chi connectivity index (χ0) is 10.7. The number of amides is 1. The van der Waals surface area contributed by atoms with Crippen LogP contribution in [0.3, 0.4) is 0 Å². The van der Waals surface area contributed by atoms with E-state index in [1.807, 2.05) is 19.9 Å². The maximum absolute atomic E-state index is 10.9. The monoisotopic (exact) mass is 198 g/mol. The summed E-state index contributed by atoms with van der Waals surface area (Å²) in [5.41, 5.74) is 0. The van der Waals surface area contributed by atoms with Crippen LogP contribution in [0.25, 0.3) is 0 Å². The molecule has 0 saturated carbocycles. The van der Waals surface area contributed by atoms with E-state index in [1.165, 1.54) is 4.90 Å². The van der Waals surface area contributed by atoms with Crippen molar-refractivity contribution < 1.29 is 9.90 Å². The Labute approximate surface area is 84.8 Å². The van der Waals surface area contributed by atoms with Crippen LogP contribution in [0.1, 0.15) is 13.8 Å². The average molecular weight is 198 g/mol. The zero-order valence-electron chi connectivity index (χ0n) is 8.81. The molecule has 4 heteroatoms. The van der Waals surface area contributed by atoms with Gasteiger partial charge in [-0.1, -0.05) is 6.08 Å². The fraction of sp³-hybridized carbons (Fsp3) is 0.700. The van der Waals surface area contributed by atoms with Gasteiger partial charge >= 0.3 is 6.09 Å². The van der Waals surface area contributed by atoms with Crippen molar-refractivity contribution in [3.05, 3.63) is 12.7 Å². The van der Waals surface area contributed by atoms with Gasteiger partial charge in [0.25, 0.3) is 0 Å². The van der Waals surface area contributed by atoms with E-state index in [1.54, 1.807) is 0 Å². The van der Waals surface area contributed by atoms with Crippen molar-refractivity contribution in [3.63, 3.8) is 0 Å². The van der Waals surface area contributed by atoms with Gasteiger partial charge in [-0.15, -0.1) is 6.58 Å². The first-order valence-electron chi connectivity index (χ1n) is 4.90. The molecule has 0 aliphatic carbocycles. The molecule has 1 aliphatic rings. The molecule has 0 aromatic rings. The lowest BCUT2D eigenvalue weighted by atomic mass is 10.1. The van der Waals surface area contributed by atoms with Crippen molar-refractivity contribution in [2.45, 2.75) is 25.9 Å². The fourth-order valence-corrected chi connectivity index (χ4v) is 1.88. The minimum absolute atomic E-state index is 0.0728. The third kappa shape index (κ3) is 2.26. The van der Waals surface area contributed by atoms with E-state index in [0.29, 0.717) is 6.54 Å². The van der Waals surface area contributed by atoms with E-state index in [4.69, 9.17) is 5.11 Å². The Hall–Kier alpha value is -1.03. The summed E-state index contributed by atoms with van der Waals surface area (Å²) in [6, 6.07) is 0.351. The van der Waals surface area contributed by atoms with Gasteiger partial charge in [0.1, 0.15) is 0 Å². The Morgan fingerprint density at radius 2 is 2.14 bits per heavy atom. The van der Waals surface area contributed by atoms with E-state index >= 15 is 0 Å². The number of nitrogens with zero attached hydrogens (tertiary/aromatic N) is 2. The van der Waals surface area contributed by atoms with Crippen molar-refractivity contribution in [2.75, 3.05) is 19.6 Å². The second kappa shape index (κ2) is 4.46. The van der Waals surface area contributed by atoms with Crippen LogP contribution in [0.5, 0.6) is 0 Å². The number of piperazine rings is 1. The summed E-state index contributed by atoms with van der Waals surface area (Å²) in [6.07, 6.45) is 1.04. The summed E-state index contributed by atoms with van der Waals surface area (Å²) in [4.78, 5) is 14.6. The van der Waals surface area contributed by atoms with E-state index in [9.17, 15) is 4.79 Å². The van der Waals surface area contributed by atoms with Crippen LogP contribution in [-0.2, 0) is 0 Å². The lowest BCUT2D eigenvalue weighted by molar-refractivity contribution is 0.0499. The van der Waals surface area contributed by atoms with Crippen LogP contribution in [0.4, 0.5) is 4.79 Å². The van der Waals surface area contributed by atoms with Gasteiger partial charge in [0.05, 0.1) is 0 Å². The first-order valence-corrected chi connectivity index (χ1v) is 4.90. The minimum Gasteiger partial charge on any atom is -0.465 e. The molecule has 1 unspecified atom stereocenters. The summed E-state index contributed by atoms with van der Waals surface area (Å²) < 4.78 is 0. The van der Waals surface area contributed by atoms with E-state index in [-0.39, 0.29) is 12.1 Å². The molecule has 0 radical (unpaired) electrons. The summed E-state index contributed by atoms with van der Waals surface area (Å²) in [7, 11) is 0. The predicted molar refractivity (Wildman–Crippen MR) is 55.4 cm³/mol. The first-order chi connectivity index (χ1) is 6.56. The molecule has 1 amide bonds. The molecule has 14 heavy (non-hydrogen) atoms. The van der Waals surface area contributed by atoms with Gasteiger partial charge in [-0.05, 0) is 13.8 Å². The molecule has 0 bridgehead atoms. The highest BCUT2D eigenvalue weighted by atomic mass is 16.4. The Bertz CT molecular complexity index is 230. The van der Waals surface area contributed by atoms with Crippen LogP contribution in [0.2, 0.25) is 0 Å². The van der Waals surface area contributed by atoms with Gasteiger partial charge in [0, 0.05) is 31.7 Å². The highest BCUT2D eigenvalue weighted by Gasteiger charge is 2.30. The number of rotatable bonds is 2. The van der Waals surface area contributed by atoms with Gasteiger partial charge in [0.2, 0.25) is 0 Å². The molecule has 4 nitrogen and oxygen atoms in total.